The van der Waals surface area contributed by atoms with Crippen molar-refractivity contribution in [1.82, 2.24) is 0 Å². The lowest BCUT2D eigenvalue weighted by molar-refractivity contribution is -0.143. The van der Waals surface area contributed by atoms with Crippen LogP contribution in [0, 0.1) is 6.92 Å². The van der Waals surface area contributed by atoms with Gasteiger partial charge in [0.1, 0.15) is 5.75 Å². The van der Waals surface area contributed by atoms with Crippen molar-refractivity contribution in [2.75, 3.05) is 27.4 Å². The van der Waals surface area contributed by atoms with E-state index in [0.29, 0.717) is 17.1 Å². The summed E-state index contributed by atoms with van der Waals surface area (Å²) in [5.41, 5.74) is 1.37. The molecule has 0 aliphatic heterocycles. The quantitative estimate of drug-likeness (QED) is 0.506. The van der Waals surface area contributed by atoms with Gasteiger partial charge in [-0.1, -0.05) is 18.2 Å². The highest BCUT2D eigenvalue weighted by Crippen LogP contribution is 2.27. The van der Waals surface area contributed by atoms with E-state index in [9.17, 15) is 9.59 Å². The van der Waals surface area contributed by atoms with Crippen molar-refractivity contribution in [3.05, 3.63) is 53.6 Å². The molecular formula is C20H22O6. The number of para-hydroxylation sites is 1. The zero-order valence-corrected chi connectivity index (χ0v) is 15.1. The number of aryl methyl sites for hydroxylation is 1. The third kappa shape index (κ3) is 5.24. The maximum Gasteiger partial charge on any atom is 0.309 e. The number of hydrogen-bond acceptors (Lipinski definition) is 6. The Balaban J connectivity index is 1.80. The fourth-order valence-corrected chi connectivity index (χ4v) is 2.27. The number of carbonyl (C=O) groups is 2. The van der Waals surface area contributed by atoms with Crippen LogP contribution in [-0.4, -0.2) is 39.2 Å². The average molecular weight is 358 g/mol. The van der Waals surface area contributed by atoms with Crippen molar-refractivity contribution in [1.29, 1.82) is 0 Å². The largest absolute Gasteiger partial charge is 0.493 e. The summed E-state index contributed by atoms with van der Waals surface area (Å²) >= 11 is 0. The Morgan fingerprint density at radius 2 is 1.65 bits per heavy atom. The third-order valence-electron chi connectivity index (χ3n) is 3.73. The number of benzene rings is 2. The summed E-state index contributed by atoms with van der Waals surface area (Å²) in [6, 6.07) is 12.3. The molecule has 0 aliphatic carbocycles. The van der Waals surface area contributed by atoms with Crippen molar-refractivity contribution in [3.8, 4) is 17.2 Å². The molecule has 0 aromatic heterocycles. The molecule has 0 amide bonds. The lowest BCUT2D eigenvalue weighted by Gasteiger charge is -2.10. The zero-order chi connectivity index (χ0) is 18.9. The zero-order valence-electron chi connectivity index (χ0n) is 15.1. The van der Waals surface area contributed by atoms with Gasteiger partial charge in [0, 0.05) is 5.56 Å². The Morgan fingerprint density at radius 1 is 0.923 bits per heavy atom. The number of carbonyl (C=O) groups excluding carboxylic acids is 2. The van der Waals surface area contributed by atoms with Crippen molar-refractivity contribution < 1.29 is 28.5 Å². The van der Waals surface area contributed by atoms with E-state index in [1.54, 1.807) is 18.2 Å². The fraction of sp³-hybridized carbons (Fsp3) is 0.300. The first kappa shape index (κ1) is 19.3. The second kappa shape index (κ2) is 9.46. The molecule has 0 unspecified atom stereocenters. The van der Waals surface area contributed by atoms with E-state index in [4.69, 9.17) is 18.9 Å². The Hall–Kier alpha value is -3.02. The first-order valence-corrected chi connectivity index (χ1v) is 8.14. The van der Waals surface area contributed by atoms with Gasteiger partial charge in [0.15, 0.2) is 23.9 Å². The monoisotopic (exact) mass is 358 g/mol. The minimum absolute atomic E-state index is 0.0630. The van der Waals surface area contributed by atoms with Gasteiger partial charge in [0.2, 0.25) is 0 Å². The molecule has 6 heteroatoms. The van der Waals surface area contributed by atoms with Crippen LogP contribution < -0.4 is 14.2 Å². The lowest BCUT2D eigenvalue weighted by Crippen LogP contribution is -2.16. The minimum atomic E-state index is -0.493. The van der Waals surface area contributed by atoms with Gasteiger partial charge in [0.05, 0.1) is 27.2 Å². The normalized spacial score (nSPS) is 10.1. The van der Waals surface area contributed by atoms with E-state index in [1.165, 1.54) is 14.2 Å². The van der Waals surface area contributed by atoms with Crippen molar-refractivity contribution in [2.45, 2.75) is 13.3 Å². The first-order valence-electron chi connectivity index (χ1n) is 8.14. The maximum absolute atomic E-state index is 12.2. The highest BCUT2D eigenvalue weighted by molar-refractivity contribution is 5.98. The number of hydrogen-bond donors (Lipinski definition) is 0. The standard InChI is InChI=1S/C20H22O6/c1-14-6-4-5-7-17(14)25-11-10-20(22)26-13-16(21)15-8-9-18(23-2)19(12-15)24-3/h4-9,12H,10-11,13H2,1-3H3. The molecule has 0 spiro atoms. The number of esters is 1. The summed E-state index contributed by atoms with van der Waals surface area (Å²) in [6.07, 6.45) is 0.0630. The SMILES string of the molecule is COc1ccc(C(=O)COC(=O)CCOc2ccccc2C)cc1OC. The predicted octanol–water partition coefficient (Wildman–Crippen LogP) is 3.21. The van der Waals surface area contributed by atoms with E-state index < -0.39 is 5.97 Å². The number of ketones is 1. The molecule has 0 aliphatic rings. The van der Waals surface area contributed by atoms with Gasteiger partial charge in [-0.3, -0.25) is 9.59 Å². The highest BCUT2D eigenvalue weighted by Gasteiger charge is 2.13. The third-order valence-corrected chi connectivity index (χ3v) is 3.73. The van der Waals surface area contributed by atoms with Crippen LogP contribution in [0.2, 0.25) is 0 Å². The van der Waals surface area contributed by atoms with Gasteiger partial charge in [-0.15, -0.1) is 0 Å². The number of ether oxygens (including phenoxy) is 4. The Kier molecular flexibility index (Phi) is 7.02. The highest BCUT2D eigenvalue weighted by atomic mass is 16.5. The van der Waals surface area contributed by atoms with Gasteiger partial charge < -0.3 is 18.9 Å². The predicted molar refractivity (Wildman–Crippen MR) is 96.1 cm³/mol. The van der Waals surface area contributed by atoms with Crippen LogP contribution in [0.5, 0.6) is 17.2 Å². The summed E-state index contributed by atoms with van der Waals surface area (Å²) in [4.78, 5) is 23.9. The molecule has 6 nitrogen and oxygen atoms in total. The van der Waals surface area contributed by atoms with Crippen molar-refractivity contribution in [3.63, 3.8) is 0 Å². The summed E-state index contributed by atoms with van der Waals surface area (Å²) in [5, 5.41) is 0. The number of Topliss-reactive ketones (excluding diaryl/α,β-unsaturated/α-hetero) is 1. The molecule has 0 atom stereocenters. The van der Waals surface area contributed by atoms with E-state index in [2.05, 4.69) is 0 Å². The molecule has 0 saturated heterocycles. The summed E-state index contributed by atoms with van der Waals surface area (Å²) < 4.78 is 20.8. The molecule has 2 aromatic carbocycles. The van der Waals surface area contributed by atoms with Crippen LogP contribution in [0.15, 0.2) is 42.5 Å². The second-order valence-electron chi connectivity index (χ2n) is 5.52. The van der Waals surface area contributed by atoms with Gasteiger partial charge in [-0.2, -0.15) is 0 Å². The average Bonchev–Trinajstić information content (AvgIpc) is 2.67. The molecule has 0 heterocycles. The lowest BCUT2D eigenvalue weighted by atomic mass is 10.1. The number of methoxy groups -OCH3 is 2. The molecule has 2 aromatic rings. The van der Waals surface area contributed by atoms with Crippen molar-refractivity contribution in [2.24, 2.45) is 0 Å². The molecule has 26 heavy (non-hydrogen) atoms. The van der Waals surface area contributed by atoms with Crippen LogP contribution in [0.25, 0.3) is 0 Å². The van der Waals surface area contributed by atoms with E-state index in [-0.39, 0.29) is 25.4 Å². The van der Waals surface area contributed by atoms with Crippen LogP contribution in [-0.2, 0) is 9.53 Å². The molecule has 138 valence electrons. The van der Waals surface area contributed by atoms with E-state index >= 15 is 0 Å². The first-order chi connectivity index (χ1) is 12.5. The molecule has 2 rings (SSSR count). The molecule has 0 fully saturated rings. The van der Waals surface area contributed by atoms with E-state index in [0.717, 1.165) is 11.3 Å². The second-order valence-corrected chi connectivity index (χ2v) is 5.52. The Labute approximate surface area is 152 Å². The topological polar surface area (TPSA) is 71.1 Å². The van der Waals surface area contributed by atoms with Crippen LogP contribution in [0.3, 0.4) is 0 Å². The maximum atomic E-state index is 12.2. The number of rotatable bonds is 9. The van der Waals surface area contributed by atoms with Gasteiger partial charge in [-0.05, 0) is 36.8 Å². The van der Waals surface area contributed by atoms with Gasteiger partial charge >= 0.3 is 5.97 Å². The molecule has 0 saturated carbocycles. The van der Waals surface area contributed by atoms with Crippen molar-refractivity contribution >= 4 is 11.8 Å². The van der Waals surface area contributed by atoms with Gasteiger partial charge in [0.25, 0.3) is 0 Å². The molecular weight excluding hydrogens is 336 g/mol. The summed E-state index contributed by atoms with van der Waals surface area (Å²) in [6.45, 7) is 1.78. The molecule has 0 N–H and O–H groups in total. The molecule has 0 bridgehead atoms. The van der Waals surface area contributed by atoms with Crippen LogP contribution >= 0.6 is 0 Å². The van der Waals surface area contributed by atoms with Gasteiger partial charge in [-0.25, -0.2) is 0 Å². The minimum Gasteiger partial charge on any atom is -0.493 e. The Bertz CT molecular complexity index is 769. The smallest absolute Gasteiger partial charge is 0.309 e. The van der Waals surface area contributed by atoms with Crippen LogP contribution in [0.1, 0.15) is 22.3 Å². The summed E-state index contributed by atoms with van der Waals surface area (Å²) in [7, 11) is 3.00. The van der Waals surface area contributed by atoms with E-state index in [1.807, 2.05) is 31.2 Å². The fourth-order valence-electron chi connectivity index (χ4n) is 2.27. The molecule has 0 radical (unpaired) electrons. The Morgan fingerprint density at radius 3 is 2.35 bits per heavy atom. The summed E-state index contributed by atoms with van der Waals surface area (Å²) in [5.74, 6) is 0.874. The van der Waals surface area contributed by atoms with Crippen LogP contribution in [0.4, 0.5) is 0 Å².